The van der Waals surface area contributed by atoms with E-state index in [1.165, 1.54) is 23.9 Å². The Labute approximate surface area is 176 Å². The molecule has 1 atom stereocenters. The molecule has 1 aromatic rings. The fourth-order valence-corrected chi connectivity index (χ4v) is 4.43. The van der Waals surface area contributed by atoms with E-state index in [1.807, 2.05) is 19.1 Å². The van der Waals surface area contributed by atoms with E-state index in [0.29, 0.717) is 24.0 Å². The maximum atomic E-state index is 13.8. The van der Waals surface area contributed by atoms with Crippen LogP contribution in [0.5, 0.6) is 0 Å². The molecule has 0 spiro atoms. The molecule has 0 saturated heterocycles. The van der Waals surface area contributed by atoms with Gasteiger partial charge in [0.05, 0.1) is 0 Å². The fourth-order valence-electron chi connectivity index (χ4n) is 3.46. The van der Waals surface area contributed by atoms with Crippen LogP contribution in [0.25, 0.3) is 4.91 Å². The maximum absolute atomic E-state index is 13.8. The minimum atomic E-state index is -2.91. The number of carbonyl (C=O) groups excluding carboxylic acids is 1. The Bertz CT molecular complexity index is 879. The monoisotopic (exact) mass is 417 g/mol. The quantitative estimate of drug-likeness (QED) is 0.416. The van der Waals surface area contributed by atoms with Crippen LogP contribution in [-0.4, -0.2) is 5.78 Å². The number of carbonyl (C=O) groups is 1. The number of nitrogens with two attached hydrogens (primary N) is 1. The Balaban J connectivity index is 2.46. The Kier molecular flexibility index (Phi) is 7.28. The van der Waals surface area contributed by atoms with Gasteiger partial charge in [-0.1, -0.05) is 62.2 Å². The first-order valence-corrected chi connectivity index (χ1v) is 10.5. The first-order chi connectivity index (χ1) is 13.5. The molecule has 2 rings (SSSR count). The van der Waals surface area contributed by atoms with Gasteiger partial charge in [0, 0.05) is 34.1 Å². The molecule has 0 radical (unpaired) electrons. The van der Waals surface area contributed by atoms with Crippen LogP contribution >= 0.6 is 11.8 Å². The zero-order valence-corrected chi connectivity index (χ0v) is 18.2. The summed E-state index contributed by atoms with van der Waals surface area (Å²) in [5.41, 5.74) is 6.57. The second kappa shape index (κ2) is 9.12. The Morgan fingerprint density at radius 1 is 1.38 bits per heavy atom. The van der Waals surface area contributed by atoms with E-state index in [2.05, 4.69) is 13.2 Å². The lowest BCUT2D eigenvalue weighted by Crippen LogP contribution is -2.30. The van der Waals surface area contributed by atoms with Crippen molar-refractivity contribution in [1.29, 1.82) is 0 Å². The summed E-state index contributed by atoms with van der Waals surface area (Å²) in [6.07, 6.45) is 6.41. The van der Waals surface area contributed by atoms with Crippen molar-refractivity contribution in [2.24, 2.45) is 11.1 Å². The predicted octanol–water partition coefficient (Wildman–Crippen LogP) is 6.95. The lowest BCUT2D eigenvalue weighted by atomic mass is 9.74. The van der Waals surface area contributed by atoms with Crippen LogP contribution in [0.3, 0.4) is 0 Å². The van der Waals surface area contributed by atoms with Crippen LogP contribution in [-0.2, 0) is 10.7 Å². The molecule has 0 aromatic heterocycles. The molecule has 0 amide bonds. The van der Waals surface area contributed by atoms with Gasteiger partial charge >= 0.3 is 0 Å². The highest BCUT2D eigenvalue weighted by atomic mass is 32.2. The summed E-state index contributed by atoms with van der Waals surface area (Å²) < 4.78 is 27.6. The van der Waals surface area contributed by atoms with Crippen molar-refractivity contribution in [3.63, 3.8) is 0 Å². The molecule has 0 saturated carbocycles. The van der Waals surface area contributed by atoms with Crippen molar-refractivity contribution in [2.45, 2.75) is 52.4 Å². The zero-order chi connectivity index (χ0) is 21.8. The van der Waals surface area contributed by atoms with Gasteiger partial charge < -0.3 is 5.73 Å². The molecule has 0 aliphatic carbocycles. The summed E-state index contributed by atoms with van der Waals surface area (Å²) in [4.78, 5) is 15.0. The number of hydrogen-bond donors (Lipinski definition) is 1. The van der Waals surface area contributed by atoms with Crippen LogP contribution in [0.2, 0.25) is 0 Å². The second-order valence-corrected chi connectivity index (χ2v) is 9.07. The molecule has 156 valence electrons. The van der Waals surface area contributed by atoms with Gasteiger partial charge in [-0.05, 0) is 49.1 Å². The SMILES string of the molecule is C=C1CCCC(C)(C(=O)/C(=C\C)C(=C)N)C/C=C(/c2cccc(C(C)(F)F)c2)S1. The standard InChI is InChI=1S/C24H29F2NOS/c1-6-20(17(3)27)22(28)23(4)13-8-9-16(2)29-21(12-14-23)18-10-7-11-19(15-18)24(5,25)26/h6-7,10-12,15H,2-3,8-9,13-14,27H2,1,4-5H3/b20-6-,21-12-. The summed E-state index contributed by atoms with van der Waals surface area (Å²) >= 11 is 1.49. The summed E-state index contributed by atoms with van der Waals surface area (Å²) in [6.45, 7) is 12.5. The van der Waals surface area contributed by atoms with Crippen LogP contribution in [0.15, 0.2) is 65.8 Å². The smallest absolute Gasteiger partial charge is 0.270 e. The number of Topliss-reactive ketones (excluding diaryl/α,β-unsaturated/α-hetero) is 1. The molecule has 1 aliphatic heterocycles. The molecule has 0 bridgehead atoms. The number of alkyl halides is 2. The third-order valence-corrected chi connectivity index (χ3v) is 6.37. The lowest BCUT2D eigenvalue weighted by molar-refractivity contribution is -0.124. The highest BCUT2D eigenvalue weighted by molar-refractivity contribution is 8.11. The Morgan fingerprint density at radius 3 is 2.66 bits per heavy atom. The normalized spacial score (nSPS) is 23.4. The Morgan fingerprint density at radius 2 is 2.07 bits per heavy atom. The van der Waals surface area contributed by atoms with Gasteiger partial charge in [0.1, 0.15) is 0 Å². The third-order valence-electron chi connectivity index (χ3n) is 5.26. The molecule has 1 unspecified atom stereocenters. The zero-order valence-electron chi connectivity index (χ0n) is 17.4. The first-order valence-electron chi connectivity index (χ1n) is 9.68. The number of rotatable bonds is 5. The molecular weight excluding hydrogens is 388 g/mol. The van der Waals surface area contributed by atoms with E-state index in [4.69, 9.17) is 5.73 Å². The number of hydrogen-bond acceptors (Lipinski definition) is 3. The summed E-state index contributed by atoms with van der Waals surface area (Å²) in [7, 11) is 0. The molecule has 0 fully saturated rings. The molecule has 29 heavy (non-hydrogen) atoms. The number of halogens is 2. The lowest BCUT2D eigenvalue weighted by Gasteiger charge is -2.28. The van der Waals surface area contributed by atoms with E-state index >= 15 is 0 Å². The summed E-state index contributed by atoms with van der Waals surface area (Å²) in [5, 5.41) is 0. The fraction of sp³-hybridized carbons (Fsp3) is 0.375. The van der Waals surface area contributed by atoms with Gasteiger partial charge in [0.15, 0.2) is 5.78 Å². The summed E-state index contributed by atoms with van der Waals surface area (Å²) in [5.74, 6) is -2.95. The van der Waals surface area contributed by atoms with Gasteiger partial charge in [0.25, 0.3) is 5.92 Å². The van der Waals surface area contributed by atoms with Crippen molar-refractivity contribution in [2.75, 3.05) is 0 Å². The largest absolute Gasteiger partial charge is 0.399 e. The average Bonchev–Trinajstić information content (AvgIpc) is 2.71. The highest BCUT2D eigenvalue weighted by Gasteiger charge is 2.35. The average molecular weight is 418 g/mol. The predicted molar refractivity (Wildman–Crippen MR) is 119 cm³/mol. The van der Waals surface area contributed by atoms with Gasteiger partial charge in [-0.15, -0.1) is 0 Å². The van der Waals surface area contributed by atoms with E-state index < -0.39 is 11.3 Å². The molecule has 5 heteroatoms. The minimum absolute atomic E-state index is 0.0311. The third kappa shape index (κ3) is 5.69. The molecule has 1 heterocycles. The van der Waals surface area contributed by atoms with Gasteiger partial charge in [-0.25, -0.2) is 8.78 Å². The number of thioether (sulfide) groups is 1. The molecule has 1 aromatic carbocycles. The van der Waals surface area contributed by atoms with E-state index in [9.17, 15) is 13.6 Å². The Hall–Kier alpha value is -2.14. The van der Waals surface area contributed by atoms with E-state index in [-0.39, 0.29) is 17.0 Å². The van der Waals surface area contributed by atoms with Crippen LogP contribution in [0.4, 0.5) is 8.78 Å². The van der Waals surface area contributed by atoms with Gasteiger partial charge in [-0.3, -0.25) is 4.79 Å². The molecule has 2 nitrogen and oxygen atoms in total. The number of allylic oxidation sites excluding steroid dienone is 4. The van der Waals surface area contributed by atoms with E-state index in [1.54, 1.807) is 19.1 Å². The maximum Gasteiger partial charge on any atom is 0.270 e. The van der Waals surface area contributed by atoms with Crippen LogP contribution in [0, 0.1) is 5.41 Å². The van der Waals surface area contributed by atoms with Crippen LogP contribution < -0.4 is 5.73 Å². The number of ketones is 1. The summed E-state index contributed by atoms with van der Waals surface area (Å²) in [6, 6.07) is 6.40. The van der Waals surface area contributed by atoms with Crippen molar-refractivity contribution < 1.29 is 13.6 Å². The topological polar surface area (TPSA) is 43.1 Å². The van der Waals surface area contributed by atoms with E-state index in [0.717, 1.165) is 29.6 Å². The second-order valence-electron chi connectivity index (χ2n) is 7.85. The van der Waals surface area contributed by atoms with Crippen molar-refractivity contribution in [3.05, 3.63) is 76.9 Å². The number of benzene rings is 1. The van der Waals surface area contributed by atoms with Gasteiger partial charge in [-0.2, -0.15) is 0 Å². The molecule has 2 N–H and O–H groups in total. The van der Waals surface area contributed by atoms with Crippen molar-refractivity contribution in [1.82, 2.24) is 0 Å². The van der Waals surface area contributed by atoms with Crippen LogP contribution in [0.1, 0.15) is 57.6 Å². The molecule has 1 aliphatic rings. The highest BCUT2D eigenvalue weighted by Crippen LogP contribution is 2.43. The van der Waals surface area contributed by atoms with Gasteiger partial charge in [0.2, 0.25) is 0 Å². The van der Waals surface area contributed by atoms with Crippen molar-refractivity contribution >= 4 is 22.5 Å². The molecular formula is C24H29F2NOS. The minimum Gasteiger partial charge on any atom is -0.399 e. The first kappa shape index (κ1) is 23.1. The van der Waals surface area contributed by atoms with Crippen molar-refractivity contribution in [3.8, 4) is 0 Å².